The zero-order valence-corrected chi connectivity index (χ0v) is 19.5. The summed E-state index contributed by atoms with van der Waals surface area (Å²) in [5.41, 5.74) is 6.72. The van der Waals surface area contributed by atoms with Crippen LogP contribution >= 0.6 is 19.4 Å². The van der Waals surface area contributed by atoms with Crippen LogP contribution in [0.25, 0.3) is 11.2 Å². The monoisotopic (exact) mass is 489 g/mol. The van der Waals surface area contributed by atoms with Gasteiger partial charge in [-0.25, -0.2) is 19.5 Å². The molecular weight excluding hydrogens is 465 g/mol. The van der Waals surface area contributed by atoms with Gasteiger partial charge in [0.15, 0.2) is 17.7 Å². The molecule has 2 aliphatic rings. The lowest BCUT2D eigenvalue weighted by atomic mass is 10.0. The summed E-state index contributed by atoms with van der Waals surface area (Å²) in [5.74, 6) is -0.125. The maximum atomic E-state index is 13.0. The molecule has 0 aliphatic carbocycles. The van der Waals surface area contributed by atoms with Crippen molar-refractivity contribution in [1.29, 1.82) is 0 Å². The third-order valence-electron chi connectivity index (χ3n) is 5.10. The zero-order valence-electron chi connectivity index (χ0n) is 17.8. The Bertz CT molecular complexity index is 1050. The van der Waals surface area contributed by atoms with Crippen molar-refractivity contribution in [3.8, 4) is 0 Å². The fourth-order valence-electron chi connectivity index (χ4n) is 3.67. The van der Waals surface area contributed by atoms with Gasteiger partial charge in [0, 0.05) is 6.42 Å². The first-order chi connectivity index (χ1) is 15.1. The number of ether oxygens (including phenoxy) is 2. The average Bonchev–Trinajstić information content (AvgIpc) is 3.24. The van der Waals surface area contributed by atoms with Crippen LogP contribution in [0, 0.1) is 0 Å². The molecule has 2 aliphatic heterocycles. The molecule has 0 aromatic carbocycles. The molecule has 2 N–H and O–H groups in total. The fraction of sp³-hybridized carbons (Fsp3) is 0.667. The summed E-state index contributed by atoms with van der Waals surface area (Å²) in [5, 5.41) is 0. The van der Waals surface area contributed by atoms with E-state index < -0.39 is 31.1 Å². The lowest BCUT2D eigenvalue weighted by Gasteiger charge is -2.34. The van der Waals surface area contributed by atoms with E-state index in [-0.39, 0.29) is 37.5 Å². The molecule has 0 spiro atoms. The molecule has 0 radical (unpaired) electrons. The quantitative estimate of drug-likeness (QED) is 0.264. The number of carbonyl (C=O) groups is 1. The highest BCUT2D eigenvalue weighted by molar-refractivity contribution is 7.48. The lowest BCUT2D eigenvalue weighted by molar-refractivity contribution is -0.147. The topological polar surface area (TPSA) is 150 Å². The van der Waals surface area contributed by atoms with Gasteiger partial charge in [-0.3, -0.25) is 22.9 Å². The molecular formula is C18H25ClN5O7P. The van der Waals surface area contributed by atoms with Crippen molar-refractivity contribution in [2.24, 2.45) is 0 Å². The molecule has 4 rings (SSSR count). The van der Waals surface area contributed by atoms with E-state index in [1.165, 1.54) is 12.7 Å². The predicted octanol–water partition coefficient (Wildman–Crippen LogP) is 2.58. The number of phosphoric acid groups is 1. The molecule has 0 amide bonds. The molecule has 5 atom stereocenters. The van der Waals surface area contributed by atoms with E-state index in [1.54, 1.807) is 25.3 Å². The third-order valence-corrected chi connectivity index (χ3v) is 6.95. The first-order valence-corrected chi connectivity index (χ1v) is 12.0. The van der Waals surface area contributed by atoms with Crippen LogP contribution in [0.1, 0.15) is 39.8 Å². The van der Waals surface area contributed by atoms with Gasteiger partial charge in [0.2, 0.25) is 0 Å². The molecule has 32 heavy (non-hydrogen) atoms. The highest BCUT2D eigenvalue weighted by atomic mass is 35.5. The second-order valence-corrected chi connectivity index (χ2v) is 10.4. The smallest absolute Gasteiger partial charge is 0.463 e. The van der Waals surface area contributed by atoms with Gasteiger partial charge in [-0.2, -0.15) is 0 Å². The van der Waals surface area contributed by atoms with E-state index in [9.17, 15) is 9.36 Å². The summed E-state index contributed by atoms with van der Waals surface area (Å²) < 4.78 is 42.2. The van der Waals surface area contributed by atoms with Crippen LogP contribution in [-0.2, 0) is 32.4 Å². The number of rotatable bonds is 7. The van der Waals surface area contributed by atoms with Gasteiger partial charge < -0.3 is 15.2 Å². The van der Waals surface area contributed by atoms with Crippen LogP contribution in [-0.4, -0.2) is 61.9 Å². The van der Waals surface area contributed by atoms with E-state index in [0.29, 0.717) is 17.6 Å². The Morgan fingerprint density at radius 2 is 2.22 bits per heavy atom. The van der Waals surface area contributed by atoms with Crippen molar-refractivity contribution in [1.82, 2.24) is 19.5 Å². The fourth-order valence-corrected chi connectivity index (χ4v) is 5.58. The standard InChI is InChI=1S/C18H25ClN5O7P/c1-10(2)29-12(25)5-4-6-27-32(26)28-7-11-14(31-32)18(3,19)17(30-11)24-9-23-13-15(20)21-8-22-16(13)24/h8-11,14,17H,4-7H2,1-3H3,(H2,20,21,22)/t11-,14-,17-,18-,32+/m1/s1. The maximum Gasteiger partial charge on any atom is 0.475 e. The number of aromatic nitrogens is 4. The van der Waals surface area contributed by atoms with Crippen molar-refractivity contribution < 1.29 is 32.4 Å². The SMILES string of the molecule is CC(C)OC(=O)CCCO[P@@]1(=O)OC[C@H]2O[C@@H](n3cnc4c(N)ncnc43)[C@](C)(Cl)[C@@H]2O1. The molecule has 0 bridgehead atoms. The molecule has 2 aromatic heterocycles. The maximum absolute atomic E-state index is 13.0. The number of nitrogens with two attached hydrogens (primary N) is 1. The van der Waals surface area contributed by atoms with Gasteiger partial charge in [-0.1, -0.05) is 0 Å². The van der Waals surface area contributed by atoms with Crippen LogP contribution in [0.15, 0.2) is 12.7 Å². The number of esters is 1. The summed E-state index contributed by atoms with van der Waals surface area (Å²) >= 11 is 6.85. The Kier molecular flexibility index (Phi) is 6.45. The van der Waals surface area contributed by atoms with Gasteiger partial charge in [-0.15, -0.1) is 11.6 Å². The lowest BCUT2D eigenvalue weighted by Crippen LogP contribution is -2.44. The summed E-state index contributed by atoms with van der Waals surface area (Å²) in [6.45, 7) is 5.19. The minimum atomic E-state index is -3.90. The third kappa shape index (κ3) is 4.48. The molecule has 14 heteroatoms. The number of carbonyl (C=O) groups excluding carboxylic acids is 1. The normalized spacial score (nSPS) is 32.3. The summed E-state index contributed by atoms with van der Waals surface area (Å²) in [7, 11) is -3.90. The van der Waals surface area contributed by atoms with Crippen molar-refractivity contribution in [2.45, 2.75) is 63.0 Å². The number of anilines is 1. The second-order valence-electron chi connectivity index (χ2n) is 8.01. The number of alkyl halides is 1. The van der Waals surface area contributed by atoms with Gasteiger partial charge in [0.1, 0.15) is 28.9 Å². The van der Waals surface area contributed by atoms with Gasteiger partial charge in [-0.05, 0) is 27.2 Å². The van der Waals surface area contributed by atoms with E-state index in [2.05, 4.69) is 15.0 Å². The first kappa shape index (κ1) is 23.3. The van der Waals surface area contributed by atoms with Gasteiger partial charge in [0.05, 0.1) is 25.6 Å². The number of hydrogen-bond donors (Lipinski definition) is 1. The number of hydrogen-bond acceptors (Lipinski definition) is 11. The minimum Gasteiger partial charge on any atom is -0.463 e. The predicted molar refractivity (Wildman–Crippen MR) is 113 cm³/mol. The van der Waals surface area contributed by atoms with Crippen LogP contribution < -0.4 is 5.73 Å². The number of imidazole rings is 1. The van der Waals surface area contributed by atoms with Gasteiger partial charge in [0.25, 0.3) is 0 Å². The van der Waals surface area contributed by atoms with E-state index in [0.717, 1.165) is 0 Å². The molecule has 0 unspecified atom stereocenters. The van der Waals surface area contributed by atoms with Crippen molar-refractivity contribution in [2.75, 3.05) is 18.9 Å². The molecule has 12 nitrogen and oxygen atoms in total. The first-order valence-electron chi connectivity index (χ1n) is 10.1. The van der Waals surface area contributed by atoms with Crippen LogP contribution in [0.2, 0.25) is 0 Å². The van der Waals surface area contributed by atoms with Crippen molar-refractivity contribution in [3.05, 3.63) is 12.7 Å². The van der Waals surface area contributed by atoms with Crippen molar-refractivity contribution >= 4 is 42.4 Å². The molecule has 4 heterocycles. The number of halogens is 1. The Morgan fingerprint density at radius 3 is 2.97 bits per heavy atom. The molecule has 2 fully saturated rings. The molecule has 176 valence electrons. The van der Waals surface area contributed by atoms with E-state index >= 15 is 0 Å². The number of fused-ring (bicyclic) bond motifs is 2. The van der Waals surface area contributed by atoms with E-state index in [4.69, 9.17) is 40.4 Å². The largest absolute Gasteiger partial charge is 0.475 e. The summed E-state index contributed by atoms with van der Waals surface area (Å²) in [4.78, 5) is 22.9. The summed E-state index contributed by atoms with van der Waals surface area (Å²) in [6.07, 6.45) is 0.919. The van der Waals surface area contributed by atoms with Crippen LogP contribution in [0.4, 0.5) is 5.82 Å². The Morgan fingerprint density at radius 1 is 1.44 bits per heavy atom. The highest BCUT2D eigenvalue weighted by Gasteiger charge is 2.60. The number of nitrogen functional groups attached to an aromatic ring is 1. The van der Waals surface area contributed by atoms with Crippen LogP contribution in [0.5, 0.6) is 0 Å². The molecule has 0 saturated carbocycles. The Hall–Kier alpha value is -1.82. The number of phosphoric ester groups is 1. The number of nitrogens with zero attached hydrogens (tertiary/aromatic N) is 4. The van der Waals surface area contributed by atoms with Crippen molar-refractivity contribution in [3.63, 3.8) is 0 Å². The van der Waals surface area contributed by atoms with Crippen LogP contribution in [0.3, 0.4) is 0 Å². The van der Waals surface area contributed by atoms with Gasteiger partial charge >= 0.3 is 13.8 Å². The highest BCUT2D eigenvalue weighted by Crippen LogP contribution is 2.60. The Labute approximate surface area is 189 Å². The minimum absolute atomic E-state index is 0.00645. The van der Waals surface area contributed by atoms with E-state index in [1.807, 2.05) is 0 Å². The molecule has 2 aromatic rings. The second kappa shape index (κ2) is 8.85. The Balaban J connectivity index is 1.42. The zero-order chi connectivity index (χ0) is 23.1. The molecule has 2 saturated heterocycles. The summed E-state index contributed by atoms with van der Waals surface area (Å²) in [6, 6.07) is 0. The average molecular weight is 490 g/mol.